The lowest BCUT2D eigenvalue weighted by molar-refractivity contribution is 0.282. The molecule has 11 heavy (non-hydrogen) atoms. The number of hydrogen-bond donors (Lipinski definition) is 1. The van der Waals surface area contributed by atoms with Gasteiger partial charge in [-0.25, -0.2) is 4.39 Å². The first-order valence-corrected chi connectivity index (χ1v) is 3.46. The van der Waals surface area contributed by atoms with Crippen LogP contribution in [0.5, 0.6) is 0 Å². The Balaban J connectivity index is 3.02. The van der Waals surface area contributed by atoms with Gasteiger partial charge in [-0.2, -0.15) is 0 Å². The van der Waals surface area contributed by atoms with Gasteiger partial charge in [0.2, 0.25) is 0 Å². The van der Waals surface area contributed by atoms with Gasteiger partial charge in [-0.1, -0.05) is 24.4 Å². The highest BCUT2D eigenvalue weighted by atomic mass is 19.1. The van der Waals surface area contributed by atoms with Crippen molar-refractivity contribution in [1.29, 1.82) is 0 Å². The standard InChI is InChI=1S/C8H9BFO/c1-9-7-4-6(5-11)2-3-8(7)10/h2-4,11H,5H2,1H3. The van der Waals surface area contributed by atoms with Crippen LogP contribution in [0.1, 0.15) is 5.56 Å². The van der Waals surface area contributed by atoms with Crippen LogP contribution in [0.15, 0.2) is 18.2 Å². The molecule has 1 nitrogen and oxygen atoms in total. The highest BCUT2D eigenvalue weighted by molar-refractivity contribution is 6.52. The number of benzene rings is 1. The summed E-state index contributed by atoms with van der Waals surface area (Å²) in [6, 6.07) is 4.57. The summed E-state index contributed by atoms with van der Waals surface area (Å²) in [5.41, 5.74) is 1.27. The van der Waals surface area contributed by atoms with Crippen LogP contribution in [-0.4, -0.2) is 12.4 Å². The summed E-state index contributed by atoms with van der Waals surface area (Å²) in [6.45, 7) is 1.72. The topological polar surface area (TPSA) is 20.2 Å². The summed E-state index contributed by atoms with van der Waals surface area (Å²) in [5.74, 6) is -0.246. The molecule has 0 saturated carbocycles. The third-order valence-electron chi connectivity index (χ3n) is 1.55. The van der Waals surface area contributed by atoms with E-state index in [2.05, 4.69) is 0 Å². The fourth-order valence-corrected chi connectivity index (χ4v) is 0.913. The van der Waals surface area contributed by atoms with Gasteiger partial charge in [0, 0.05) is 0 Å². The minimum atomic E-state index is -0.246. The van der Waals surface area contributed by atoms with Crippen LogP contribution >= 0.6 is 0 Å². The molecule has 0 unspecified atom stereocenters. The smallest absolute Gasteiger partial charge is 0.152 e. The molecule has 1 aromatic rings. The second-order valence-electron chi connectivity index (χ2n) is 2.30. The van der Waals surface area contributed by atoms with Crippen molar-refractivity contribution in [2.24, 2.45) is 0 Å². The fraction of sp³-hybridized carbons (Fsp3) is 0.250. The van der Waals surface area contributed by atoms with Crippen molar-refractivity contribution in [2.45, 2.75) is 13.4 Å². The minimum absolute atomic E-state index is 0.0406. The molecule has 3 heteroatoms. The Hall–Kier alpha value is -0.825. The molecule has 0 aliphatic rings. The van der Waals surface area contributed by atoms with Crippen LogP contribution in [0.25, 0.3) is 0 Å². The van der Waals surface area contributed by atoms with E-state index in [4.69, 9.17) is 5.11 Å². The van der Waals surface area contributed by atoms with Gasteiger partial charge in [-0.15, -0.1) is 0 Å². The van der Waals surface area contributed by atoms with Crippen LogP contribution in [0, 0.1) is 5.82 Å². The number of halogens is 1. The largest absolute Gasteiger partial charge is 0.392 e. The van der Waals surface area contributed by atoms with Crippen LogP contribution in [0.4, 0.5) is 4.39 Å². The maximum absolute atomic E-state index is 12.8. The van der Waals surface area contributed by atoms with Crippen LogP contribution in [0.3, 0.4) is 0 Å². The third kappa shape index (κ3) is 1.81. The van der Waals surface area contributed by atoms with E-state index < -0.39 is 0 Å². The summed E-state index contributed by atoms with van der Waals surface area (Å²) in [4.78, 5) is 0. The SMILES string of the molecule is C[B]c1cc(CO)ccc1F. The zero-order valence-corrected chi connectivity index (χ0v) is 6.34. The summed E-state index contributed by atoms with van der Waals surface area (Å²) < 4.78 is 12.8. The molecule has 0 saturated heterocycles. The van der Waals surface area contributed by atoms with Crippen molar-refractivity contribution in [3.05, 3.63) is 29.6 Å². The Morgan fingerprint density at radius 2 is 2.27 bits per heavy atom. The summed E-state index contributed by atoms with van der Waals surface area (Å²) in [7, 11) is 1.68. The summed E-state index contributed by atoms with van der Waals surface area (Å²) >= 11 is 0. The van der Waals surface area contributed by atoms with E-state index in [1.54, 1.807) is 26.2 Å². The van der Waals surface area contributed by atoms with Gasteiger partial charge in [0.15, 0.2) is 7.28 Å². The second kappa shape index (κ2) is 3.53. The summed E-state index contributed by atoms with van der Waals surface area (Å²) in [5, 5.41) is 8.71. The van der Waals surface area contributed by atoms with Gasteiger partial charge in [-0.3, -0.25) is 0 Å². The van der Waals surface area contributed by atoms with E-state index in [-0.39, 0.29) is 12.4 Å². The molecule has 0 aromatic heterocycles. The van der Waals surface area contributed by atoms with Crippen LogP contribution in [-0.2, 0) is 6.61 Å². The van der Waals surface area contributed by atoms with E-state index in [0.29, 0.717) is 5.46 Å². The van der Waals surface area contributed by atoms with Crippen molar-refractivity contribution >= 4 is 12.7 Å². The molecular formula is C8H9BFO. The molecule has 0 atom stereocenters. The maximum Gasteiger partial charge on any atom is 0.152 e. The lowest BCUT2D eigenvalue weighted by atomic mass is 9.72. The summed E-state index contributed by atoms with van der Waals surface area (Å²) in [6.07, 6.45) is 0. The van der Waals surface area contributed by atoms with Gasteiger partial charge in [-0.05, 0) is 11.6 Å². The fourth-order valence-electron chi connectivity index (χ4n) is 0.913. The molecule has 0 spiro atoms. The average Bonchev–Trinajstić information content (AvgIpc) is 2.05. The van der Waals surface area contributed by atoms with Crippen molar-refractivity contribution in [3.63, 3.8) is 0 Å². The highest BCUT2D eigenvalue weighted by Crippen LogP contribution is 1.99. The quantitative estimate of drug-likeness (QED) is 0.616. The third-order valence-corrected chi connectivity index (χ3v) is 1.55. The lowest BCUT2D eigenvalue weighted by Gasteiger charge is -2.00. The Morgan fingerprint density at radius 1 is 1.55 bits per heavy atom. The Labute approximate surface area is 66.1 Å². The number of aliphatic hydroxyl groups is 1. The molecule has 57 valence electrons. The van der Waals surface area contributed by atoms with Crippen molar-refractivity contribution in [1.82, 2.24) is 0 Å². The molecular weight excluding hydrogens is 142 g/mol. The maximum atomic E-state index is 12.8. The molecule has 0 heterocycles. The first-order valence-electron chi connectivity index (χ1n) is 3.46. The first-order chi connectivity index (χ1) is 5.27. The van der Waals surface area contributed by atoms with Gasteiger partial charge in [0.05, 0.1) is 6.61 Å². The van der Waals surface area contributed by atoms with E-state index in [1.807, 2.05) is 0 Å². The molecule has 0 amide bonds. The van der Waals surface area contributed by atoms with Gasteiger partial charge in [0.1, 0.15) is 5.82 Å². The van der Waals surface area contributed by atoms with Crippen molar-refractivity contribution in [2.75, 3.05) is 0 Å². The normalized spacial score (nSPS) is 9.73. The van der Waals surface area contributed by atoms with E-state index in [9.17, 15) is 4.39 Å². The molecule has 1 rings (SSSR count). The van der Waals surface area contributed by atoms with E-state index in [1.165, 1.54) is 6.07 Å². The van der Waals surface area contributed by atoms with E-state index in [0.717, 1.165) is 5.56 Å². The molecule has 0 fully saturated rings. The van der Waals surface area contributed by atoms with Crippen molar-refractivity contribution < 1.29 is 9.50 Å². The molecule has 0 aliphatic carbocycles. The highest BCUT2D eigenvalue weighted by Gasteiger charge is 2.00. The molecule has 1 radical (unpaired) electrons. The Morgan fingerprint density at radius 3 is 2.82 bits per heavy atom. The zero-order valence-electron chi connectivity index (χ0n) is 6.34. The van der Waals surface area contributed by atoms with Crippen LogP contribution in [0.2, 0.25) is 6.82 Å². The monoisotopic (exact) mass is 151 g/mol. The Kier molecular flexibility index (Phi) is 2.66. The Bertz CT molecular complexity index is 250. The lowest BCUT2D eigenvalue weighted by Crippen LogP contribution is -2.16. The molecule has 1 N–H and O–H groups in total. The predicted octanol–water partition coefficient (Wildman–Crippen LogP) is 0.696. The van der Waals surface area contributed by atoms with Gasteiger partial charge >= 0.3 is 0 Å². The van der Waals surface area contributed by atoms with E-state index >= 15 is 0 Å². The zero-order chi connectivity index (χ0) is 8.27. The second-order valence-corrected chi connectivity index (χ2v) is 2.30. The van der Waals surface area contributed by atoms with Gasteiger partial charge < -0.3 is 5.11 Å². The number of rotatable bonds is 2. The molecule has 0 bridgehead atoms. The predicted molar refractivity (Wildman–Crippen MR) is 43.6 cm³/mol. The number of aliphatic hydroxyl groups excluding tert-OH is 1. The van der Waals surface area contributed by atoms with Crippen LogP contribution < -0.4 is 5.46 Å². The average molecular weight is 151 g/mol. The first kappa shape index (κ1) is 8.27. The van der Waals surface area contributed by atoms with Gasteiger partial charge in [0.25, 0.3) is 0 Å². The molecule has 1 aromatic carbocycles. The minimum Gasteiger partial charge on any atom is -0.392 e. The molecule has 0 aliphatic heterocycles. The number of hydrogen-bond acceptors (Lipinski definition) is 1. The van der Waals surface area contributed by atoms with Crippen molar-refractivity contribution in [3.8, 4) is 0 Å².